The maximum atomic E-state index is 12.4. The fourth-order valence-corrected chi connectivity index (χ4v) is 2.97. The van der Waals surface area contributed by atoms with Gasteiger partial charge < -0.3 is 20.1 Å². The van der Waals surface area contributed by atoms with E-state index in [-0.39, 0.29) is 36.8 Å². The number of guanidine groups is 1. The zero-order chi connectivity index (χ0) is 17.9. The molecule has 3 rings (SSSR count). The van der Waals surface area contributed by atoms with Crippen LogP contribution in [0.5, 0.6) is 11.5 Å². The van der Waals surface area contributed by atoms with Gasteiger partial charge in [-0.2, -0.15) is 13.2 Å². The zero-order valence-electron chi connectivity index (χ0n) is 14.3. The number of benzene rings is 1. The minimum absolute atomic E-state index is 0. The maximum Gasteiger partial charge on any atom is 0.401 e. The smallest absolute Gasteiger partial charge is 0.401 e. The third kappa shape index (κ3) is 5.79. The quantitative estimate of drug-likeness (QED) is 0.389. The highest BCUT2D eigenvalue weighted by molar-refractivity contribution is 14.0. The SMILES string of the molecule is CN=C(NCc1ccc2c(c1)OCO2)NC1CCN(CC(F)(F)F)C1.I. The molecule has 1 fully saturated rings. The summed E-state index contributed by atoms with van der Waals surface area (Å²) in [6.45, 7) is 0.663. The molecule has 0 aliphatic carbocycles. The molecule has 0 radical (unpaired) electrons. The minimum atomic E-state index is -4.16. The van der Waals surface area contributed by atoms with Crippen LogP contribution in [0.15, 0.2) is 23.2 Å². The van der Waals surface area contributed by atoms with E-state index in [1.165, 1.54) is 4.90 Å². The summed E-state index contributed by atoms with van der Waals surface area (Å²) in [7, 11) is 1.64. The van der Waals surface area contributed by atoms with Crippen molar-refractivity contribution in [2.75, 3.05) is 33.5 Å². The Morgan fingerprint density at radius 1 is 1.31 bits per heavy atom. The summed E-state index contributed by atoms with van der Waals surface area (Å²) in [6.07, 6.45) is -3.50. The first-order valence-electron chi connectivity index (χ1n) is 8.08. The summed E-state index contributed by atoms with van der Waals surface area (Å²) in [5.41, 5.74) is 0.998. The number of halogens is 4. The van der Waals surface area contributed by atoms with Crippen LogP contribution in [0.3, 0.4) is 0 Å². The number of rotatable bonds is 4. The molecule has 1 atom stereocenters. The molecule has 0 bridgehead atoms. The molecule has 2 aliphatic heterocycles. The predicted octanol–water partition coefficient (Wildman–Crippen LogP) is 2.33. The predicted molar refractivity (Wildman–Crippen MR) is 102 cm³/mol. The molecule has 0 saturated carbocycles. The Hall–Kier alpha value is -1.43. The number of hydrogen-bond acceptors (Lipinski definition) is 4. The van der Waals surface area contributed by atoms with E-state index in [0.29, 0.717) is 37.8 Å². The lowest BCUT2D eigenvalue weighted by molar-refractivity contribution is -0.143. The summed E-state index contributed by atoms with van der Waals surface area (Å²) < 4.78 is 48.0. The molecule has 0 amide bonds. The molecule has 0 spiro atoms. The Labute approximate surface area is 167 Å². The molecule has 2 N–H and O–H groups in total. The molecule has 1 unspecified atom stereocenters. The molecule has 26 heavy (non-hydrogen) atoms. The van der Waals surface area contributed by atoms with E-state index in [1.54, 1.807) is 7.05 Å². The molecular formula is C16H22F3IN4O2. The summed E-state index contributed by atoms with van der Waals surface area (Å²) in [5.74, 6) is 2.00. The van der Waals surface area contributed by atoms with Crippen molar-refractivity contribution >= 4 is 29.9 Å². The van der Waals surface area contributed by atoms with Gasteiger partial charge in [0.1, 0.15) is 0 Å². The lowest BCUT2D eigenvalue weighted by Gasteiger charge is -2.19. The Kier molecular flexibility index (Phi) is 7.21. The maximum absolute atomic E-state index is 12.4. The van der Waals surface area contributed by atoms with Crippen molar-refractivity contribution < 1.29 is 22.6 Å². The van der Waals surface area contributed by atoms with E-state index in [9.17, 15) is 13.2 Å². The van der Waals surface area contributed by atoms with Crippen LogP contribution in [-0.4, -0.2) is 56.6 Å². The molecular weight excluding hydrogens is 464 g/mol. The summed E-state index contributed by atoms with van der Waals surface area (Å²) in [4.78, 5) is 5.54. The number of fused-ring (bicyclic) bond motifs is 1. The van der Waals surface area contributed by atoms with E-state index < -0.39 is 12.7 Å². The lowest BCUT2D eigenvalue weighted by Crippen LogP contribution is -2.44. The number of alkyl halides is 3. The van der Waals surface area contributed by atoms with E-state index in [4.69, 9.17) is 9.47 Å². The first-order valence-corrected chi connectivity index (χ1v) is 8.08. The molecule has 2 aliphatic rings. The molecule has 146 valence electrons. The van der Waals surface area contributed by atoms with Crippen LogP contribution in [0.4, 0.5) is 13.2 Å². The monoisotopic (exact) mass is 486 g/mol. The highest BCUT2D eigenvalue weighted by atomic mass is 127. The molecule has 1 aromatic carbocycles. The topological polar surface area (TPSA) is 58.1 Å². The molecule has 6 nitrogen and oxygen atoms in total. The summed E-state index contributed by atoms with van der Waals surface area (Å²) in [5, 5.41) is 6.35. The van der Waals surface area contributed by atoms with E-state index in [2.05, 4.69) is 15.6 Å². The van der Waals surface area contributed by atoms with Gasteiger partial charge in [0.05, 0.1) is 6.54 Å². The number of ether oxygens (including phenoxy) is 2. The molecule has 2 heterocycles. The van der Waals surface area contributed by atoms with Crippen molar-refractivity contribution in [2.24, 2.45) is 4.99 Å². The average Bonchev–Trinajstić information content (AvgIpc) is 3.18. The zero-order valence-corrected chi connectivity index (χ0v) is 16.6. The van der Waals surface area contributed by atoms with Gasteiger partial charge in [0.2, 0.25) is 6.79 Å². The third-order valence-electron chi connectivity index (χ3n) is 4.14. The second kappa shape index (κ2) is 8.98. The Bertz CT molecular complexity index is 642. The highest BCUT2D eigenvalue weighted by Gasteiger charge is 2.34. The third-order valence-corrected chi connectivity index (χ3v) is 4.14. The van der Waals surface area contributed by atoms with Gasteiger partial charge >= 0.3 is 6.18 Å². The summed E-state index contributed by atoms with van der Waals surface area (Å²) in [6, 6.07) is 5.62. The molecule has 0 aromatic heterocycles. The molecule has 1 aromatic rings. The highest BCUT2D eigenvalue weighted by Crippen LogP contribution is 2.32. The van der Waals surface area contributed by atoms with Gasteiger partial charge in [0, 0.05) is 32.7 Å². The second-order valence-corrected chi connectivity index (χ2v) is 6.09. The van der Waals surface area contributed by atoms with Gasteiger partial charge in [0.25, 0.3) is 0 Å². The molecule has 10 heteroatoms. The first kappa shape index (κ1) is 20.9. The molecule has 1 saturated heterocycles. The van der Waals surface area contributed by atoms with Crippen LogP contribution in [0.2, 0.25) is 0 Å². The van der Waals surface area contributed by atoms with Crippen molar-refractivity contribution in [3.8, 4) is 11.5 Å². The minimum Gasteiger partial charge on any atom is -0.454 e. The van der Waals surface area contributed by atoms with Gasteiger partial charge in [-0.3, -0.25) is 9.89 Å². The van der Waals surface area contributed by atoms with Gasteiger partial charge in [-0.05, 0) is 24.1 Å². The van der Waals surface area contributed by atoms with E-state index >= 15 is 0 Å². The van der Waals surface area contributed by atoms with E-state index in [1.807, 2.05) is 18.2 Å². The van der Waals surface area contributed by atoms with Crippen LogP contribution in [-0.2, 0) is 6.54 Å². The van der Waals surface area contributed by atoms with Gasteiger partial charge in [0.15, 0.2) is 17.5 Å². The normalized spacial score (nSPS) is 20.0. The van der Waals surface area contributed by atoms with Crippen molar-refractivity contribution in [1.29, 1.82) is 0 Å². The number of aliphatic imine (C=N–C) groups is 1. The van der Waals surface area contributed by atoms with Crippen LogP contribution in [0.1, 0.15) is 12.0 Å². The Morgan fingerprint density at radius 2 is 2.08 bits per heavy atom. The van der Waals surface area contributed by atoms with Crippen molar-refractivity contribution in [3.63, 3.8) is 0 Å². The number of likely N-dealkylation sites (tertiary alicyclic amines) is 1. The van der Waals surface area contributed by atoms with Crippen molar-refractivity contribution in [3.05, 3.63) is 23.8 Å². The van der Waals surface area contributed by atoms with Gasteiger partial charge in [-0.15, -0.1) is 24.0 Å². The van der Waals surface area contributed by atoms with Crippen LogP contribution in [0.25, 0.3) is 0 Å². The number of hydrogen-bond donors (Lipinski definition) is 2. The van der Waals surface area contributed by atoms with Crippen molar-refractivity contribution in [2.45, 2.75) is 25.2 Å². The standard InChI is InChI=1S/C16H21F3N4O2.HI/c1-20-15(22-12-4-5-23(8-12)9-16(17,18)19)21-7-11-2-3-13-14(6-11)25-10-24-13;/h2-3,6,12H,4-5,7-10H2,1H3,(H2,20,21,22);1H. The first-order chi connectivity index (χ1) is 11.9. The average molecular weight is 486 g/mol. The Morgan fingerprint density at radius 3 is 2.81 bits per heavy atom. The number of nitrogens with zero attached hydrogens (tertiary/aromatic N) is 2. The van der Waals surface area contributed by atoms with E-state index in [0.717, 1.165) is 11.3 Å². The second-order valence-electron chi connectivity index (χ2n) is 6.09. The Balaban J connectivity index is 0.00000243. The fourth-order valence-electron chi connectivity index (χ4n) is 2.97. The lowest BCUT2D eigenvalue weighted by atomic mass is 10.2. The summed E-state index contributed by atoms with van der Waals surface area (Å²) >= 11 is 0. The van der Waals surface area contributed by atoms with Gasteiger partial charge in [-0.25, -0.2) is 0 Å². The largest absolute Gasteiger partial charge is 0.454 e. The fraction of sp³-hybridized carbons (Fsp3) is 0.562. The van der Waals surface area contributed by atoms with Crippen LogP contribution in [0, 0.1) is 0 Å². The number of nitrogens with one attached hydrogen (secondary N) is 2. The van der Waals surface area contributed by atoms with Crippen molar-refractivity contribution in [1.82, 2.24) is 15.5 Å². The van der Waals surface area contributed by atoms with Crippen LogP contribution >= 0.6 is 24.0 Å². The van der Waals surface area contributed by atoms with Crippen LogP contribution < -0.4 is 20.1 Å². The van der Waals surface area contributed by atoms with Gasteiger partial charge in [-0.1, -0.05) is 6.07 Å².